The van der Waals surface area contributed by atoms with E-state index in [4.69, 9.17) is 11.6 Å². The van der Waals surface area contributed by atoms with Crippen molar-refractivity contribution in [1.29, 1.82) is 0 Å². The summed E-state index contributed by atoms with van der Waals surface area (Å²) in [6, 6.07) is 4.03. The molecule has 0 aliphatic carbocycles. The lowest BCUT2D eigenvalue weighted by Gasteiger charge is -2.05. The van der Waals surface area contributed by atoms with Gasteiger partial charge in [0.05, 0.1) is 5.69 Å². The molecule has 0 atom stereocenters. The van der Waals surface area contributed by atoms with Gasteiger partial charge in [0.25, 0.3) is 0 Å². The topological polar surface area (TPSA) is 42.9 Å². The molecule has 1 aromatic carbocycles. The Morgan fingerprint density at radius 2 is 2.21 bits per heavy atom. The van der Waals surface area contributed by atoms with Gasteiger partial charge in [-0.05, 0) is 35.1 Å². The first-order valence-electron chi connectivity index (χ1n) is 5.78. The van der Waals surface area contributed by atoms with Crippen molar-refractivity contribution in [3.63, 3.8) is 0 Å². The van der Waals surface area contributed by atoms with Crippen LogP contribution in [0.4, 0.5) is 4.39 Å². The van der Waals surface area contributed by atoms with Crippen molar-refractivity contribution >= 4 is 28.9 Å². The van der Waals surface area contributed by atoms with Crippen molar-refractivity contribution in [3.05, 3.63) is 45.2 Å². The summed E-state index contributed by atoms with van der Waals surface area (Å²) in [5, 5.41) is 4.23. The Morgan fingerprint density at radius 3 is 2.84 bits per heavy atom. The van der Waals surface area contributed by atoms with Crippen molar-refractivity contribution in [1.82, 2.24) is 9.59 Å². The number of carbonyl (C=O) groups is 1. The third-order valence-electron chi connectivity index (χ3n) is 2.68. The molecular formula is C13H12ClFN2OS. The lowest BCUT2D eigenvalue weighted by Crippen LogP contribution is -2.06. The van der Waals surface area contributed by atoms with Crippen LogP contribution in [0.25, 0.3) is 0 Å². The molecule has 19 heavy (non-hydrogen) atoms. The normalized spacial score (nSPS) is 11.0. The second-order valence-electron chi connectivity index (χ2n) is 4.48. The van der Waals surface area contributed by atoms with Gasteiger partial charge in [-0.2, -0.15) is 0 Å². The maximum atomic E-state index is 12.9. The number of carbonyl (C=O) groups excluding carboxylic acids is 1. The lowest BCUT2D eigenvalue weighted by atomic mass is 10.0. The summed E-state index contributed by atoms with van der Waals surface area (Å²) < 4.78 is 16.8. The van der Waals surface area contributed by atoms with E-state index >= 15 is 0 Å². The van der Waals surface area contributed by atoms with E-state index in [1.165, 1.54) is 18.2 Å². The van der Waals surface area contributed by atoms with E-state index < -0.39 is 5.82 Å². The highest BCUT2D eigenvalue weighted by Crippen LogP contribution is 2.24. The molecule has 0 N–H and O–H groups in total. The number of hydrogen-bond acceptors (Lipinski definition) is 4. The van der Waals surface area contributed by atoms with Crippen LogP contribution in [0.2, 0.25) is 5.02 Å². The smallest absolute Gasteiger partial charge is 0.180 e. The third kappa shape index (κ3) is 3.16. The van der Waals surface area contributed by atoms with Crippen LogP contribution in [0.15, 0.2) is 18.2 Å². The van der Waals surface area contributed by atoms with Gasteiger partial charge in [-0.15, -0.1) is 5.10 Å². The maximum absolute atomic E-state index is 12.9. The predicted octanol–water partition coefficient (Wildman–Crippen LogP) is 3.88. The standard InChI is InChI=1S/C13H12ClFN2OS/c1-7(2)12-13(19-17-16-12)11(18)5-8-3-4-9(15)6-10(8)14/h3-4,6-7H,5H2,1-2H3. The van der Waals surface area contributed by atoms with Gasteiger partial charge >= 0.3 is 0 Å². The highest BCUT2D eigenvalue weighted by Gasteiger charge is 2.19. The summed E-state index contributed by atoms with van der Waals surface area (Å²) in [4.78, 5) is 12.8. The SMILES string of the molecule is CC(C)c1nnsc1C(=O)Cc1ccc(F)cc1Cl. The molecule has 1 heterocycles. The molecule has 0 unspecified atom stereocenters. The highest BCUT2D eigenvalue weighted by molar-refractivity contribution is 7.08. The number of aromatic nitrogens is 2. The highest BCUT2D eigenvalue weighted by atomic mass is 35.5. The molecule has 0 aliphatic heterocycles. The Labute approximate surface area is 119 Å². The van der Waals surface area contributed by atoms with Gasteiger partial charge in [-0.3, -0.25) is 4.79 Å². The third-order valence-corrected chi connectivity index (χ3v) is 3.81. The van der Waals surface area contributed by atoms with Crippen molar-refractivity contribution in [2.45, 2.75) is 26.2 Å². The number of Topliss-reactive ketones (excluding diaryl/α,β-unsaturated/α-hetero) is 1. The van der Waals surface area contributed by atoms with Gasteiger partial charge in [0.1, 0.15) is 10.7 Å². The van der Waals surface area contributed by atoms with Gasteiger partial charge in [0.2, 0.25) is 0 Å². The van der Waals surface area contributed by atoms with Crippen molar-refractivity contribution in [2.24, 2.45) is 0 Å². The van der Waals surface area contributed by atoms with Crippen molar-refractivity contribution < 1.29 is 9.18 Å². The van der Waals surface area contributed by atoms with E-state index in [0.717, 1.165) is 11.5 Å². The minimum absolute atomic E-state index is 0.0905. The summed E-state index contributed by atoms with van der Waals surface area (Å²) in [6.45, 7) is 3.91. The van der Waals surface area contributed by atoms with Crippen LogP contribution in [0.3, 0.4) is 0 Å². The van der Waals surface area contributed by atoms with Crippen LogP contribution < -0.4 is 0 Å². The van der Waals surface area contributed by atoms with Crippen molar-refractivity contribution in [3.8, 4) is 0 Å². The van der Waals surface area contributed by atoms with Gasteiger partial charge in [0, 0.05) is 11.4 Å². The summed E-state index contributed by atoms with van der Waals surface area (Å²) in [6.07, 6.45) is 0.128. The molecule has 0 radical (unpaired) electrons. The van der Waals surface area contributed by atoms with Gasteiger partial charge in [0.15, 0.2) is 5.78 Å². The Balaban J connectivity index is 2.23. The number of rotatable bonds is 4. The molecular weight excluding hydrogens is 287 g/mol. The monoisotopic (exact) mass is 298 g/mol. The Kier molecular flexibility index (Phi) is 4.27. The number of hydrogen-bond donors (Lipinski definition) is 0. The molecule has 0 bridgehead atoms. The van der Waals surface area contributed by atoms with Crippen LogP contribution in [-0.2, 0) is 6.42 Å². The molecule has 0 saturated carbocycles. The summed E-state index contributed by atoms with van der Waals surface area (Å²) >= 11 is 7.00. The Morgan fingerprint density at radius 1 is 1.47 bits per heavy atom. The molecule has 1 aromatic heterocycles. The molecule has 0 aliphatic rings. The van der Waals surface area contributed by atoms with E-state index in [-0.39, 0.29) is 23.1 Å². The number of benzene rings is 1. The zero-order chi connectivity index (χ0) is 14.0. The van der Waals surface area contributed by atoms with Gasteiger partial charge < -0.3 is 0 Å². The quantitative estimate of drug-likeness (QED) is 0.805. The van der Waals surface area contributed by atoms with E-state index in [2.05, 4.69) is 9.59 Å². The fourth-order valence-corrected chi connectivity index (χ4v) is 2.68. The average molecular weight is 299 g/mol. The maximum Gasteiger partial charge on any atom is 0.180 e. The van der Waals surface area contributed by atoms with E-state index in [0.29, 0.717) is 16.1 Å². The number of nitrogens with zero attached hydrogens (tertiary/aromatic N) is 2. The second kappa shape index (κ2) is 5.75. The second-order valence-corrected chi connectivity index (χ2v) is 5.64. The molecule has 100 valence electrons. The predicted molar refractivity (Wildman–Crippen MR) is 73.4 cm³/mol. The van der Waals surface area contributed by atoms with Crippen LogP contribution >= 0.6 is 23.1 Å². The van der Waals surface area contributed by atoms with E-state index in [9.17, 15) is 9.18 Å². The summed E-state index contributed by atoms with van der Waals surface area (Å²) in [7, 11) is 0. The largest absolute Gasteiger partial charge is 0.293 e. The first-order valence-corrected chi connectivity index (χ1v) is 6.93. The zero-order valence-electron chi connectivity index (χ0n) is 10.5. The Bertz CT molecular complexity index is 612. The number of halogens is 2. The van der Waals surface area contributed by atoms with Crippen molar-refractivity contribution in [2.75, 3.05) is 0 Å². The molecule has 3 nitrogen and oxygen atoms in total. The molecule has 6 heteroatoms. The average Bonchev–Trinajstić information content (AvgIpc) is 2.82. The fourth-order valence-electron chi connectivity index (χ4n) is 1.69. The molecule has 0 fully saturated rings. The van der Waals surface area contributed by atoms with Crippen LogP contribution in [-0.4, -0.2) is 15.4 Å². The van der Waals surface area contributed by atoms with E-state index in [1.54, 1.807) is 0 Å². The number of ketones is 1. The summed E-state index contributed by atoms with van der Waals surface area (Å²) in [5.74, 6) is -0.364. The van der Waals surface area contributed by atoms with Crippen LogP contribution in [0, 0.1) is 5.82 Å². The molecule has 0 amide bonds. The van der Waals surface area contributed by atoms with Crippen LogP contribution in [0.5, 0.6) is 0 Å². The zero-order valence-corrected chi connectivity index (χ0v) is 12.1. The summed E-state index contributed by atoms with van der Waals surface area (Å²) in [5.41, 5.74) is 1.31. The van der Waals surface area contributed by atoms with Crippen LogP contribution in [0.1, 0.15) is 40.7 Å². The lowest BCUT2D eigenvalue weighted by molar-refractivity contribution is 0.0995. The Hall–Kier alpha value is -1.33. The minimum atomic E-state index is -0.413. The fraction of sp³-hybridized carbons (Fsp3) is 0.308. The molecule has 0 spiro atoms. The minimum Gasteiger partial charge on any atom is -0.293 e. The van der Waals surface area contributed by atoms with Gasteiger partial charge in [-0.1, -0.05) is 36.0 Å². The first kappa shape index (κ1) is 14.1. The first-order chi connectivity index (χ1) is 8.99. The van der Waals surface area contributed by atoms with E-state index in [1.807, 2.05) is 13.8 Å². The molecule has 0 saturated heterocycles. The van der Waals surface area contributed by atoms with Gasteiger partial charge in [-0.25, -0.2) is 4.39 Å². The molecule has 2 aromatic rings. The molecule has 2 rings (SSSR count).